The van der Waals surface area contributed by atoms with E-state index in [4.69, 9.17) is 5.11 Å². The Morgan fingerprint density at radius 1 is 1.24 bits per heavy atom. The number of aliphatic hydroxyl groups excluding tert-OH is 2. The molecule has 0 aromatic rings. The zero-order valence-corrected chi connectivity index (χ0v) is 11.2. The van der Waals surface area contributed by atoms with Crippen molar-refractivity contribution >= 4 is 0 Å². The molecule has 0 amide bonds. The lowest BCUT2D eigenvalue weighted by Gasteiger charge is -2.43. The maximum absolute atomic E-state index is 10.1. The quantitative estimate of drug-likeness (QED) is 0.724. The summed E-state index contributed by atoms with van der Waals surface area (Å²) in [5, 5.41) is 19.3. The maximum Gasteiger partial charge on any atom is 0.0644 e. The van der Waals surface area contributed by atoms with Crippen LogP contribution in [0, 0.1) is 10.8 Å². The zero-order valence-electron chi connectivity index (χ0n) is 11.2. The molecule has 1 fully saturated rings. The normalized spacial score (nSPS) is 36.6. The monoisotopic (exact) mass is 236 g/mol. The standard InChI is InChI=1S/C15H24O2/c1-14(2)13(17)8-9-15(14,3)12-6-4-11(10-16)5-7-12/h4,7,13,16-17H,5-6,8-10H2,1-3H3/t13-,15+/m1/s1. The van der Waals surface area contributed by atoms with E-state index in [0.29, 0.717) is 0 Å². The van der Waals surface area contributed by atoms with Crippen molar-refractivity contribution in [2.75, 3.05) is 6.61 Å². The van der Waals surface area contributed by atoms with E-state index in [1.807, 2.05) is 0 Å². The Kier molecular flexibility index (Phi) is 3.21. The summed E-state index contributed by atoms with van der Waals surface area (Å²) in [4.78, 5) is 0. The van der Waals surface area contributed by atoms with Crippen molar-refractivity contribution in [2.45, 2.75) is 52.6 Å². The van der Waals surface area contributed by atoms with Crippen LogP contribution in [0.25, 0.3) is 0 Å². The molecule has 0 aliphatic heterocycles. The van der Waals surface area contributed by atoms with E-state index in [2.05, 4.69) is 32.9 Å². The van der Waals surface area contributed by atoms with Crippen molar-refractivity contribution in [3.8, 4) is 0 Å². The number of aliphatic hydroxyl groups is 2. The fraction of sp³-hybridized carbons (Fsp3) is 0.733. The van der Waals surface area contributed by atoms with Crippen LogP contribution in [-0.4, -0.2) is 22.9 Å². The molecule has 1 saturated carbocycles. The summed E-state index contributed by atoms with van der Waals surface area (Å²) in [5.74, 6) is 0. The average molecular weight is 236 g/mol. The molecule has 96 valence electrons. The highest BCUT2D eigenvalue weighted by molar-refractivity contribution is 5.30. The Hall–Kier alpha value is -0.600. The first-order valence-corrected chi connectivity index (χ1v) is 6.58. The van der Waals surface area contributed by atoms with Crippen molar-refractivity contribution in [2.24, 2.45) is 10.8 Å². The van der Waals surface area contributed by atoms with Gasteiger partial charge in [0.05, 0.1) is 12.7 Å². The van der Waals surface area contributed by atoms with Crippen LogP contribution in [-0.2, 0) is 0 Å². The molecule has 2 aliphatic rings. The molecule has 17 heavy (non-hydrogen) atoms. The van der Waals surface area contributed by atoms with E-state index < -0.39 is 0 Å². The molecule has 2 aliphatic carbocycles. The van der Waals surface area contributed by atoms with Gasteiger partial charge >= 0.3 is 0 Å². The van der Waals surface area contributed by atoms with Crippen molar-refractivity contribution in [1.29, 1.82) is 0 Å². The van der Waals surface area contributed by atoms with E-state index >= 15 is 0 Å². The van der Waals surface area contributed by atoms with Gasteiger partial charge in [0.15, 0.2) is 0 Å². The summed E-state index contributed by atoms with van der Waals surface area (Å²) in [7, 11) is 0. The third-order valence-electron chi connectivity index (χ3n) is 5.31. The fourth-order valence-corrected chi connectivity index (χ4v) is 3.31. The summed E-state index contributed by atoms with van der Waals surface area (Å²) in [6.45, 7) is 6.81. The number of rotatable bonds is 2. The van der Waals surface area contributed by atoms with Gasteiger partial charge in [0.1, 0.15) is 0 Å². The molecular weight excluding hydrogens is 212 g/mol. The Morgan fingerprint density at radius 2 is 1.94 bits per heavy atom. The molecule has 2 heteroatoms. The van der Waals surface area contributed by atoms with Crippen LogP contribution < -0.4 is 0 Å². The predicted octanol–water partition coefficient (Wildman–Crippen LogP) is 2.81. The van der Waals surface area contributed by atoms with Gasteiger partial charge in [0.25, 0.3) is 0 Å². The summed E-state index contributed by atoms with van der Waals surface area (Å²) in [5.41, 5.74) is 2.61. The molecule has 0 aromatic heterocycles. The first-order valence-electron chi connectivity index (χ1n) is 6.58. The average Bonchev–Trinajstić information content (AvgIpc) is 2.54. The molecule has 0 heterocycles. The molecule has 0 unspecified atom stereocenters. The van der Waals surface area contributed by atoms with Crippen LogP contribution in [0.5, 0.6) is 0 Å². The van der Waals surface area contributed by atoms with Crippen molar-refractivity contribution in [1.82, 2.24) is 0 Å². The van der Waals surface area contributed by atoms with Gasteiger partial charge in [0, 0.05) is 0 Å². The van der Waals surface area contributed by atoms with Gasteiger partial charge in [-0.2, -0.15) is 0 Å². The SMILES string of the molecule is CC1(C)[C@H](O)CC[C@@]1(C)C1=CCC(CO)=CC1. The molecule has 0 spiro atoms. The topological polar surface area (TPSA) is 40.5 Å². The zero-order chi connectivity index (χ0) is 12.7. The van der Waals surface area contributed by atoms with Crippen LogP contribution in [0.2, 0.25) is 0 Å². The van der Waals surface area contributed by atoms with E-state index in [1.54, 1.807) is 0 Å². The highest BCUT2D eigenvalue weighted by Gasteiger charge is 2.52. The summed E-state index contributed by atoms with van der Waals surface area (Å²) >= 11 is 0. The highest BCUT2D eigenvalue weighted by atomic mass is 16.3. The van der Waals surface area contributed by atoms with Gasteiger partial charge in [0.2, 0.25) is 0 Å². The second-order valence-corrected chi connectivity index (χ2v) is 6.27. The Morgan fingerprint density at radius 3 is 2.35 bits per heavy atom. The van der Waals surface area contributed by atoms with Crippen LogP contribution in [0.4, 0.5) is 0 Å². The maximum atomic E-state index is 10.1. The van der Waals surface area contributed by atoms with E-state index in [1.165, 1.54) is 5.57 Å². The van der Waals surface area contributed by atoms with Gasteiger partial charge in [-0.15, -0.1) is 0 Å². The van der Waals surface area contributed by atoms with Gasteiger partial charge in [-0.3, -0.25) is 0 Å². The van der Waals surface area contributed by atoms with Gasteiger partial charge in [-0.05, 0) is 42.1 Å². The lowest BCUT2D eigenvalue weighted by atomic mass is 9.62. The minimum Gasteiger partial charge on any atom is -0.393 e. The number of allylic oxidation sites excluding steroid dienone is 3. The predicted molar refractivity (Wildman–Crippen MR) is 69.6 cm³/mol. The van der Waals surface area contributed by atoms with E-state index in [0.717, 1.165) is 31.3 Å². The first kappa shape index (κ1) is 12.8. The van der Waals surface area contributed by atoms with Crippen LogP contribution in [0.3, 0.4) is 0 Å². The van der Waals surface area contributed by atoms with Crippen LogP contribution in [0.1, 0.15) is 46.5 Å². The van der Waals surface area contributed by atoms with Crippen molar-refractivity contribution in [3.63, 3.8) is 0 Å². The van der Waals surface area contributed by atoms with E-state index in [9.17, 15) is 5.11 Å². The highest BCUT2D eigenvalue weighted by Crippen LogP contribution is 2.57. The summed E-state index contributed by atoms with van der Waals surface area (Å²) in [6.07, 6.45) is 7.99. The van der Waals surface area contributed by atoms with Gasteiger partial charge in [-0.25, -0.2) is 0 Å². The second-order valence-electron chi connectivity index (χ2n) is 6.27. The number of hydrogen-bond donors (Lipinski definition) is 2. The van der Waals surface area contributed by atoms with Gasteiger partial charge in [-0.1, -0.05) is 38.5 Å². The minimum absolute atomic E-state index is 0.0522. The molecule has 0 aromatic carbocycles. The second kappa shape index (κ2) is 4.25. The third kappa shape index (κ3) is 1.88. The van der Waals surface area contributed by atoms with Crippen LogP contribution in [0.15, 0.2) is 23.3 Å². The molecular formula is C15H24O2. The molecule has 2 N–H and O–H groups in total. The molecule has 2 atom stereocenters. The third-order valence-corrected chi connectivity index (χ3v) is 5.31. The summed E-state index contributed by atoms with van der Waals surface area (Å²) in [6, 6.07) is 0. The molecule has 0 bridgehead atoms. The van der Waals surface area contributed by atoms with E-state index in [-0.39, 0.29) is 23.5 Å². The lowest BCUT2D eigenvalue weighted by Crippen LogP contribution is -2.38. The molecule has 0 radical (unpaired) electrons. The molecule has 2 rings (SSSR count). The Balaban J connectivity index is 2.22. The summed E-state index contributed by atoms with van der Waals surface area (Å²) < 4.78 is 0. The van der Waals surface area contributed by atoms with Crippen LogP contribution >= 0.6 is 0 Å². The van der Waals surface area contributed by atoms with Crippen molar-refractivity contribution in [3.05, 3.63) is 23.3 Å². The minimum atomic E-state index is -0.198. The molecule has 0 saturated heterocycles. The largest absolute Gasteiger partial charge is 0.393 e. The smallest absolute Gasteiger partial charge is 0.0644 e. The Labute approximate surface area is 104 Å². The lowest BCUT2D eigenvalue weighted by molar-refractivity contribution is 0.0279. The number of hydrogen-bond acceptors (Lipinski definition) is 2. The Bertz CT molecular complexity index is 365. The first-order chi connectivity index (χ1) is 7.91. The van der Waals surface area contributed by atoms with Gasteiger partial charge < -0.3 is 10.2 Å². The fourth-order valence-electron chi connectivity index (χ4n) is 3.31. The van der Waals surface area contributed by atoms with Crippen molar-refractivity contribution < 1.29 is 10.2 Å². The molecule has 2 nitrogen and oxygen atoms in total.